The minimum atomic E-state index is 0.480. The summed E-state index contributed by atoms with van der Waals surface area (Å²) in [5, 5.41) is 0. The van der Waals surface area contributed by atoms with Gasteiger partial charge in [0.05, 0.1) is 6.61 Å². The van der Waals surface area contributed by atoms with Gasteiger partial charge in [-0.25, -0.2) is 0 Å². The Morgan fingerprint density at radius 1 is 1.25 bits per heavy atom. The molecule has 1 aromatic carbocycles. The third-order valence-corrected chi connectivity index (χ3v) is 4.19. The summed E-state index contributed by atoms with van der Waals surface area (Å²) in [4.78, 5) is 2.60. The lowest BCUT2D eigenvalue weighted by atomic mass is 9.95. The van der Waals surface area contributed by atoms with Gasteiger partial charge in [-0.15, -0.1) is 0 Å². The summed E-state index contributed by atoms with van der Waals surface area (Å²) in [6.45, 7) is 8.14. The van der Waals surface area contributed by atoms with Crippen LogP contribution >= 0.6 is 0 Å². The normalized spacial score (nSPS) is 17.4. The highest BCUT2D eigenvalue weighted by molar-refractivity contribution is 5.38. The molecule has 1 saturated heterocycles. The molecule has 1 heterocycles. The Morgan fingerprint density at radius 3 is 2.60 bits per heavy atom. The van der Waals surface area contributed by atoms with Crippen LogP contribution in [-0.2, 0) is 6.42 Å². The first-order chi connectivity index (χ1) is 9.80. The number of hydrogen-bond donors (Lipinski definition) is 1. The lowest BCUT2D eigenvalue weighted by Crippen LogP contribution is -2.28. The van der Waals surface area contributed by atoms with Crippen molar-refractivity contribution in [2.24, 2.45) is 5.73 Å². The molecule has 0 aromatic heterocycles. The smallest absolute Gasteiger partial charge is 0.119 e. The molecule has 1 unspecified atom stereocenters. The number of ether oxygens (including phenoxy) is 1. The van der Waals surface area contributed by atoms with E-state index >= 15 is 0 Å². The van der Waals surface area contributed by atoms with Gasteiger partial charge >= 0.3 is 0 Å². The Kier molecular flexibility index (Phi) is 5.86. The molecule has 3 heteroatoms. The molecule has 0 spiro atoms. The van der Waals surface area contributed by atoms with Crippen LogP contribution in [0.15, 0.2) is 18.2 Å². The Labute approximate surface area is 123 Å². The Hall–Kier alpha value is -1.06. The van der Waals surface area contributed by atoms with Gasteiger partial charge in [0, 0.05) is 6.04 Å². The van der Waals surface area contributed by atoms with Crippen molar-refractivity contribution in [3.8, 4) is 5.75 Å². The zero-order valence-corrected chi connectivity index (χ0v) is 12.9. The Balaban J connectivity index is 2.26. The number of likely N-dealkylation sites (tertiary alicyclic amines) is 1. The van der Waals surface area contributed by atoms with Gasteiger partial charge in [0.2, 0.25) is 0 Å². The van der Waals surface area contributed by atoms with Crippen LogP contribution in [0.3, 0.4) is 0 Å². The molecule has 1 atom stereocenters. The molecule has 1 aromatic rings. The molecule has 2 rings (SSSR count). The standard InChI is InChI=1S/C17H28N2O/c1-3-14-13-15(20-4-2)7-8-16(14)17(9-10-18)19-11-5-6-12-19/h7-8,13,17H,3-6,9-12,18H2,1-2H3. The molecule has 0 aliphatic carbocycles. The molecule has 3 nitrogen and oxygen atoms in total. The van der Waals surface area contributed by atoms with Crippen LogP contribution in [0.25, 0.3) is 0 Å². The van der Waals surface area contributed by atoms with Gasteiger partial charge < -0.3 is 10.5 Å². The van der Waals surface area contributed by atoms with Crippen molar-refractivity contribution in [2.45, 2.75) is 45.6 Å². The van der Waals surface area contributed by atoms with Crippen molar-refractivity contribution in [1.29, 1.82) is 0 Å². The predicted octanol–water partition coefficient (Wildman–Crippen LogP) is 3.13. The molecule has 2 N–H and O–H groups in total. The molecule has 1 fully saturated rings. The van der Waals surface area contributed by atoms with Crippen molar-refractivity contribution in [3.63, 3.8) is 0 Å². The molecular weight excluding hydrogens is 248 g/mol. The van der Waals surface area contributed by atoms with Crippen molar-refractivity contribution < 1.29 is 4.74 Å². The highest BCUT2D eigenvalue weighted by atomic mass is 16.5. The molecule has 1 aliphatic rings. The van der Waals surface area contributed by atoms with E-state index in [-0.39, 0.29) is 0 Å². The lowest BCUT2D eigenvalue weighted by Gasteiger charge is -2.29. The molecule has 0 amide bonds. The van der Waals surface area contributed by atoms with Gasteiger partial charge in [-0.1, -0.05) is 13.0 Å². The number of hydrogen-bond acceptors (Lipinski definition) is 3. The number of nitrogens with zero attached hydrogens (tertiary/aromatic N) is 1. The van der Waals surface area contributed by atoms with E-state index in [2.05, 4.69) is 30.0 Å². The van der Waals surface area contributed by atoms with Crippen molar-refractivity contribution >= 4 is 0 Å². The van der Waals surface area contributed by atoms with E-state index < -0.39 is 0 Å². The largest absolute Gasteiger partial charge is 0.494 e. The number of benzene rings is 1. The minimum absolute atomic E-state index is 0.480. The third-order valence-electron chi connectivity index (χ3n) is 4.19. The second-order valence-corrected chi connectivity index (χ2v) is 5.48. The second-order valence-electron chi connectivity index (χ2n) is 5.48. The van der Waals surface area contributed by atoms with Gasteiger partial charge in [-0.2, -0.15) is 0 Å². The maximum absolute atomic E-state index is 5.85. The number of aryl methyl sites for hydroxylation is 1. The fourth-order valence-corrected chi connectivity index (χ4v) is 3.22. The second kappa shape index (κ2) is 7.65. The van der Waals surface area contributed by atoms with Crippen LogP contribution < -0.4 is 10.5 Å². The summed E-state index contributed by atoms with van der Waals surface area (Å²) in [6.07, 6.45) is 4.73. The van der Waals surface area contributed by atoms with E-state index in [1.807, 2.05) is 6.92 Å². The average Bonchev–Trinajstić information content (AvgIpc) is 2.99. The Morgan fingerprint density at radius 2 is 2.00 bits per heavy atom. The van der Waals surface area contributed by atoms with Crippen molar-refractivity contribution in [3.05, 3.63) is 29.3 Å². The minimum Gasteiger partial charge on any atom is -0.494 e. The highest BCUT2D eigenvalue weighted by Gasteiger charge is 2.24. The summed E-state index contributed by atoms with van der Waals surface area (Å²) in [5.41, 5.74) is 8.70. The summed E-state index contributed by atoms with van der Waals surface area (Å²) in [5.74, 6) is 0.987. The van der Waals surface area contributed by atoms with Crippen molar-refractivity contribution in [1.82, 2.24) is 4.90 Å². The topological polar surface area (TPSA) is 38.5 Å². The Bertz CT molecular complexity index is 413. The fraction of sp³-hybridized carbons (Fsp3) is 0.647. The maximum Gasteiger partial charge on any atom is 0.119 e. The van der Waals surface area contributed by atoms with Crippen LogP contribution in [0.1, 0.15) is 50.3 Å². The van der Waals surface area contributed by atoms with E-state index in [1.165, 1.54) is 37.1 Å². The van der Waals surface area contributed by atoms with Crippen LogP contribution in [-0.4, -0.2) is 31.1 Å². The van der Waals surface area contributed by atoms with Crippen LogP contribution in [0.5, 0.6) is 5.75 Å². The van der Waals surface area contributed by atoms with Gasteiger partial charge in [-0.05, 0) is 75.5 Å². The maximum atomic E-state index is 5.85. The summed E-state index contributed by atoms with van der Waals surface area (Å²) in [6, 6.07) is 7.05. The number of rotatable bonds is 7. The van der Waals surface area contributed by atoms with Gasteiger partial charge in [-0.3, -0.25) is 4.90 Å². The van der Waals surface area contributed by atoms with E-state index in [9.17, 15) is 0 Å². The van der Waals surface area contributed by atoms with E-state index in [4.69, 9.17) is 10.5 Å². The van der Waals surface area contributed by atoms with Gasteiger partial charge in [0.25, 0.3) is 0 Å². The molecule has 1 aliphatic heterocycles. The zero-order valence-electron chi connectivity index (χ0n) is 12.9. The first kappa shape index (κ1) is 15.3. The first-order valence-electron chi connectivity index (χ1n) is 7.99. The highest BCUT2D eigenvalue weighted by Crippen LogP contribution is 2.32. The van der Waals surface area contributed by atoms with E-state index in [1.54, 1.807) is 0 Å². The first-order valence-corrected chi connectivity index (χ1v) is 7.99. The quantitative estimate of drug-likeness (QED) is 0.831. The van der Waals surface area contributed by atoms with Crippen LogP contribution in [0, 0.1) is 0 Å². The number of nitrogens with two attached hydrogens (primary N) is 1. The van der Waals surface area contributed by atoms with Crippen LogP contribution in [0.4, 0.5) is 0 Å². The predicted molar refractivity (Wildman–Crippen MR) is 84.2 cm³/mol. The van der Waals surface area contributed by atoms with Gasteiger partial charge in [0.1, 0.15) is 5.75 Å². The van der Waals surface area contributed by atoms with Crippen molar-refractivity contribution in [2.75, 3.05) is 26.2 Å². The lowest BCUT2D eigenvalue weighted by molar-refractivity contribution is 0.234. The third kappa shape index (κ3) is 3.53. The average molecular weight is 276 g/mol. The fourth-order valence-electron chi connectivity index (χ4n) is 3.22. The van der Waals surface area contributed by atoms with Crippen LogP contribution in [0.2, 0.25) is 0 Å². The summed E-state index contributed by atoms with van der Waals surface area (Å²) < 4.78 is 5.63. The molecule has 112 valence electrons. The monoisotopic (exact) mass is 276 g/mol. The zero-order chi connectivity index (χ0) is 14.4. The molecule has 20 heavy (non-hydrogen) atoms. The van der Waals surface area contributed by atoms with E-state index in [0.29, 0.717) is 6.04 Å². The summed E-state index contributed by atoms with van der Waals surface area (Å²) in [7, 11) is 0. The molecule has 0 radical (unpaired) electrons. The molecule has 0 saturated carbocycles. The molecular formula is C17H28N2O. The SMILES string of the molecule is CCOc1ccc(C(CCN)N2CCCC2)c(CC)c1. The summed E-state index contributed by atoms with van der Waals surface area (Å²) >= 11 is 0. The molecule has 0 bridgehead atoms. The van der Waals surface area contributed by atoms with E-state index in [0.717, 1.165) is 31.7 Å². The van der Waals surface area contributed by atoms with Gasteiger partial charge in [0.15, 0.2) is 0 Å².